The third-order valence-electron chi connectivity index (χ3n) is 3.05. The van der Waals surface area contributed by atoms with Crippen LogP contribution in [-0.4, -0.2) is 23.2 Å². The molecule has 0 radical (unpaired) electrons. The number of aromatic nitrogens is 1. The van der Waals surface area contributed by atoms with Crippen LogP contribution >= 0.6 is 15.9 Å². The van der Waals surface area contributed by atoms with Crippen molar-refractivity contribution in [2.24, 2.45) is 0 Å². The van der Waals surface area contributed by atoms with Crippen molar-refractivity contribution in [3.63, 3.8) is 0 Å². The Morgan fingerprint density at radius 1 is 1.44 bits per heavy atom. The van der Waals surface area contributed by atoms with Gasteiger partial charge in [-0.1, -0.05) is 13.3 Å². The summed E-state index contributed by atoms with van der Waals surface area (Å²) in [5.41, 5.74) is 2.31. The second kappa shape index (κ2) is 5.18. The molecule has 0 aliphatic carbocycles. The van der Waals surface area contributed by atoms with Crippen molar-refractivity contribution in [1.82, 2.24) is 4.98 Å². The SMILES string of the molecule is CCCCN1C(=O)C(=O)Cc2nc(C)c(Br)cc21. The highest BCUT2D eigenvalue weighted by Crippen LogP contribution is 2.29. The zero-order valence-corrected chi connectivity index (χ0v) is 12.1. The second-order valence-electron chi connectivity index (χ2n) is 4.43. The Morgan fingerprint density at radius 3 is 2.83 bits per heavy atom. The van der Waals surface area contributed by atoms with Crippen molar-refractivity contribution >= 4 is 33.3 Å². The minimum Gasteiger partial charge on any atom is -0.304 e. The van der Waals surface area contributed by atoms with Gasteiger partial charge in [0, 0.05) is 11.0 Å². The van der Waals surface area contributed by atoms with Gasteiger partial charge in [-0.2, -0.15) is 0 Å². The maximum Gasteiger partial charge on any atom is 0.294 e. The predicted molar refractivity (Wildman–Crippen MR) is 72.6 cm³/mol. The van der Waals surface area contributed by atoms with Gasteiger partial charge in [-0.3, -0.25) is 14.6 Å². The van der Waals surface area contributed by atoms with Crippen LogP contribution < -0.4 is 4.90 Å². The molecule has 0 saturated carbocycles. The Kier molecular flexibility index (Phi) is 3.80. The molecule has 0 fully saturated rings. The maximum atomic E-state index is 11.9. The first-order valence-corrected chi connectivity index (χ1v) is 6.84. The third kappa shape index (κ3) is 2.32. The average molecular weight is 311 g/mol. The van der Waals surface area contributed by atoms with E-state index in [9.17, 15) is 9.59 Å². The molecule has 1 aliphatic rings. The summed E-state index contributed by atoms with van der Waals surface area (Å²) in [6, 6.07) is 1.89. The summed E-state index contributed by atoms with van der Waals surface area (Å²) >= 11 is 3.42. The topological polar surface area (TPSA) is 50.3 Å². The van der Waals surface area contributed by atoms with Gasteiger partial charge in [0.05, 0.1) is 23.5 Å². The van der Waals surface area contributed by atoms with Gasteiger partial charge in [0.1, 0.15) is 0 Å². The molecule has 1 amide bonds. The summed E-state index contributed by atoms with van der Waals surface area (Å²) in [6.07, 6.45) is 1.97. The van der Waals surface area contributed by atoms with E-state index in [4.69, 9.17) is 0 Å². The Labute approximate surface area is 115 Å². The number of fused-ring (bicyclic) bond motifs is 1. The lowest BCUT2D eigenvalue weighted by Gasteiger charge is -2.28. The van der Waals surface area contributed by atoms with Crippen molar-refractivity contribution in [3.8, 4) is 0 Å². The normalized spacial score (nSPS) is 14.9. The lowest BCUT2D eigenvalue weighted by atomic mass is 10.0. The highest BCUT2D eigenvalue weighted by Gasteiger charge is 2.32. The Morgan fingerprint density at radius 2 is 2.17 bits per heavy atom. The number of nitrogens with zero attached hydrogens (tertiary/aromatic N) is 2. The van der Waals surface area contributed by atoms with Crippen LogP contribution in [0.4, 0.5) is 5.69 Å². The number of anilines is 1. The fourth-order valence-corrected chi connectivity index (χ4v) is 2.32. The number of pyridine rings is 1. The fourth-order valence-electron chi connectivity index (χ4n) is 2.01. The molecule has 4 nitrogen and oxygen atoms in total. The summed E-state index contributed by atoms with van der Waals surface area (Å²) in [4.78, 5) is 29.6. The van der Waals surface area contributed by atoms with E-state index < -0.39 is 5.91 Å². The van der Waals surface area contributed by atoms with E-state index in [-0.39, 0.29) is 12.2 Å². The number of hydrogen-bond donors (Lipinski definition) is 0. The van der Waals surface area contributed by atoms with E-state index in [1.54, 1.807) is 4.90 Å². The van der Waals surface area contributed by atoms with Crippen LogP contribution in [0.2, 0.25) is 0 Å². The first kappa shape index (κ1) is 13.2. The minimum absolute atomic E-state index is 0.116. The number of Topliss-reactive ketones (excluding diaryl/α,β-unsaturated/α-hetero) is 1. The molecule has 18 heavy (non-hydrogen) atoms. The highest BCUT2D eigenvalue weighted by molar-refractivity contribution is 9.10. The zero-order valence-electron chi connectivity index (χ0n) is 10.5. The number of carbonyl (C=O) groups excluding carboxylic acids is 2. The molecule has 0 saturated heterocycles. The molecule has 5 heteroatoms. The molecule has 0 spiro atoms. The smallest absolute Gasteiger partial charge is 0.294 e. The number of hydrogen-bond acceptors (Lipinski definition) is 3. The van der Waals surface area contributed by atoms with Crippen molar-refractivity contribution in [2.45, 2.75) is 33.1 Å². The summed E-state index contributed by atoms with van der Waals surface area (Å²) < 4.78 is 0.866. The van der Waals surface area contributed by atoms with E-state index in [0.717, 1.165) is 28.7 Å². The third-order valence-corrected chi connectivity index (χ3v) is 3.85. The van der Waals surface area contributed by atoms with Crippen LogP contribution in [0, 0.1) is 6.92 Å². The molecule has 0 aromatic carbocycles. The van der Waals surface area contributed by atoms with Crippen LogP contribution in [-0.2, 0) is 16.0 Å². The molecule has 0 atom stereocenters. The van der Waals surface area contributed by atoms with Gasteiger partial charge < -0.3 is 4.90 Å². The second-order valence-corrected chi connectivity index (χ2v) is 5.29. The summed E-state index contributed by atoms with van der Waals surface area (Å²) in [5.74, 6) is -0.777. The van der Waals surface area contributed by atoms with Crippen molar-refractivity contribution in [3.05, 3.63) is 21.9 Å². The number of rotatable bonds is 3. The number of halogens is 1. The van der Waals surface area contributed by atoms with E-state index in [0.29, 0.717) is 12.2 Å². The van der Waals surface area contributed by atoms with Crippen LogP contribution in [0.5, 0.6) is 0 Å². The molecule has 1 aromatic heterocycles. The van der Waals surface area contributed by atoms with Gasteiger partial charge in [0.2, 0.25) is 5.78 Å². The van der Waals surface area contributed by atoms with Gasteiger partial charge in [0.15, 0.2) is 0 Å². The number of amides is 1. The highest BCUT2D eigenvalue weighted by atomic mass is 79.9. The van der Waals surface area contributed by atoms with Gasteiger partial charge >= 0.3 is 0 Å². The summed E-state index contributed by atoms with van der Waals surface area (Å²) in [5, 5.41) is 0. The van der Waals surface area contributed by atoms with E-state index in [1.807, 2.05) is 13.0 Å². The molecule has 0 N–H and O–H groups in total. The molecule has 2 heterocycles. The van der Waals surface area contributed by atoms with Crippen LogP contribution in [0.3, 0.4) is 0 Å². The fraction of sp³-hybridized carbons (Fsp3) is 0.462. The summed E-state index contributed by atoms with van der Waals surface area (Å²) in [7, 11) is 0. The molecule has 96 valence electrons. The predicted octanol–water partition coefficient (Wildman–Crippen LogP) is 2.41. The molecular weight excluding hydrogens is 296 g/mol. The van der Waals surface area contributed by atoms with Crippen molar-refractivity contribution in [2.75, 3.05) is 11.4 Å². The van der Waals surface area contributed by atoms with Gasteiger partial charge in [-0.15, -0.1) is 0 Å². The van der Waals surface area contributed by atoms with Gasteiger partial charge in [-0.05, 0) is 35.3 Å². The Balaban J connectivity index is 2.45. The van der Waals surface area contributed by atoms with Crippen LogP contribution in [0.15, 0.2) is 10.5 Å². The van der Waals surface area contributed by atoms with Gasteiger partial charge in [-0.25, -0.2) is 0 Å². The first-order valence-electron chi connectivity index (χ1n) is 6.05. The Bertz CT molecular complexity index is 514. The molecule has 0 bridgehead atoms. The molecule has 1 aliphatic heterocycles. The number of carbonyl (C=O) groups is 2. The lowest BCUT2D eigenvalue weighted by Crippen LogP contribution is -2.42. The largest absolute Gasteiger partial charge is 0.304 e. The van der Waals surface area contributed by atoms with Gasteiger partial charge in [0.25, 0.3) is 5.91 Å². The lowest BCUT2D eigenvalue weighted by molar-refractivity contribution is -0.136. The maximum absolute atomic E-state index is 11.9. The standard InChI is InChI=1S/C13H15BrN2O2/c1-3-4-5-16-11-6-9(14)8(2)15-10(11)7-12(17)13(16)18/h6H,3-5,7H2,1-2H3. The van der Waals surface area contributed by atoms with Crippen molar-refractivity contribution in [1.29, 1.82) is 0 Å². The Hall–Kier alpha value is -1.23. The number of unbranched alkanes of at least 4 members (excludes halogenated alkanes) is 1. The first-order chi connectivity index (χ1) is 8.54. The molecular formula is C13H15BrN2O2. The molecule has 0 unspecified atom stereocenters. The van der Waals surface area contributed by atoms with E-state index >= 15 is 0 Å². The quantitative estimate of drug-likeness (QED) is 0.806. The number of aryl methyl sites for hydroxylation is 1. The minimum atomic E-state index is -0.409. The average Bonchev–Trinajstić information content (AvgIpc) is 2.33. The number of ketones is 1. The molecule has 2 rings (SSSR count). The van der Waals surface area contributed by atoms with Crippen LogP contribution in [0.1, 0.15) is 31.2 Å². The molecule has 1 aromatic rings. The van der Waals surface area contributed by atoms with Crippen LogP contribution in [0.25, 0.3) is 0 Å². The zero-order chi connectivity index (χ0) is 13.3. The van der Waals surface area contributed by atoms with E-state index in [1.165, 1.54) is 0 Å². The van der Waals surface area contributed by atoms with Crippen molar-refractivity contribution < 1.29 is 9.59 Å². The van der Waals surface area contributed by atoms with E-state index in [2.05, 4.69) is 27.8 Å². The summed E-state index contributed by atoms with van der Waals surface area (Å²) in [6.45, 7) is 4.51. The monoisotopic (exact) mass is 310 g/mol.